The summed E-state index contributed by atoms with van der Waals surface area (Å²) in [5.41, 5.74) is 8.64. The first kappa shape index (κ1) is 11.1. The van der Waals surface area contributed by atoms with Gasteiger partial charge in [0.05, 0.1) is 0 Å². The van der Waals surface area contributed by atoms with Gasteiger partial charge in [-0.2, -0.15) is 0 Å². The van der Waals surface area contributed by atoms with Gasteiger partial charge in [0.1, 0.15) is 5.69 Å². The normalized spacial score (nSPS) is 15.9. The molecule has 0 radical (unpaired) electrons. The van der Waals surface area contributed by atoms with Gasteiger partial charge in [0.15, 0.2) is 0 Å². The van der Waals surface area contributed by atoms with Crippen molar-refractivity contribution in [2.24, 2.45) is 0 Å². The maximum Gasteiger partial charge on any atom is 0.222 e. The first-order valence-corrected chi connectivity index (χ1v) is 6.40. The molecule has 1 saturated heterocycles. The Morgan fingerprint density at radius 2 is 1.78 bits per heavy atom. The molecule has 18 heavy (non-hydrogen) atoms. The molecule has 1 aliphatic rings. The van der Waals surface area contributed by atoms with Crippen LogP contribution in [0.15, 0.2) is 34.9 Å². The SMILES string of the molecule is Nc1cc(-c2ccc(N3CCCCC3)cc2)no1. The molecular weight excluding hydrogens is 226 g/mol. The monoisotopic (exact) mass is 243 g/mol. The molecule has 2 N–H and O–H groups in total. The van der Waals surface area contributed by atoms with E-state index in [-0.39, 0.29) is 0 Å². The molecule has 0 amide bonds. The summed E-state index contributed by atoms with van der Waals surface area (Å²) in [6.07, 6.45) is 3.94. The van der Waals surface area contributed by atoms with Crippen molar-refractivity contribution in [1.29, 1.82) is 0 Å². The first-order chi connectivity index (χ1) is 8.83. The Labute approximate surface area is 106 Å². The van der Waals surface area contributed by atoms with E-state index in [2.05, 4.69) is 34.3 Å². The average molecular weight is 243 g/mol. The molecule has 1 aromatic carbocycles. The number of nitrogens with zero attached hydrogens (tertiary/aromatic N) is 2. The van der Waals surface area contributed by atoms with Crippen molar-refractivity contribution in [3.63, 3.8) is 0 Å². The zero-order valence-corrected chi connectivity index (χ0v) is 10.3. The van der Waals surface area contributed by atoms with E-state index in [1.54, 1.807) is 6.07 Å². The van der Waals surface area contributed by atoms with Crippen LogP contribution in [0.2, 0.25) is 0 Å². The van der Waals surface area contributed by atoms with Crippen LogP contribution < -0.4 is 10.6 Å². The van der Waals surface area contributed by atoms with Crippen LogP contribution in [0.25, 0.3) is 11.3 Å². The third-order valence-corrected chi connectivity index (χ3v) is 3.41. The van der Waals surface area contributed by atoms with E-state index in [1.807, 2.05) is 0 Å². The number of nitrogens with two attached hydrogens (primary N) is 1. The highest BCUT2D eigenvalue weighted by Gasteiger charge is 2.11. The van der Waals surface area contributed by atoms with Crippen molar-refractivity contribution in [2.45, 2.75) is 19.3 Å². The number of rotatable bonds is 2. The van der Waals surface area contributed by atoms with E-state index >= 15 is 0 Å². The number of piperidine rings is 1. The minimum absolute atomic E-state index is 0.352. The van der Waals surface area contributed by atoms with E-state index in [1.165, 1.54) is 24.9 Å². The summed E-state index contributed by atoms with van der Waals surface area (Å²) in [6, 6.07) is 10.2. The summed E-state index contributed by atoms with van der Waals surface area (Å²) < 4.78 is 4.88. The quantitative estimate of drug-likeness (QED) is 0.881. The second-order valence-corrected chi connectivity index (χ2v) is 4.71. The van der Waals surface area contributed by atoms with Crippen molar-refractivity contribution in [1.82, 2.24) is 5.16 Å². The lowest BCUT2D eigenvalue weighted by molar-refractivity contribution is 0.439. The fourth-order valence-electron chi connectivity index (χ4n) is 2.42. The maximum absolute atomic E-state index is 5.53. The molecule has 3 rings (SSSR count). The van der Waals surface area contributed by atoms with E-state index < -0.39 is 0 Å². The number of anilines is 2. The molecule has 1 aliphatic heterocycles. The summed E-state index contributed by atoms with van der Waals surface area (Å²) in [7, 11) is 0. The van der Waals surface area contributed by atoms with E-state index in [9.17, 15) is 0 Å². The van der Waals surface area contributed by atoms with Gasteiger partial charge in [-0.25, -0.2) is 0 Å². The Kier molecular flexibility index (Phi) is 2.92. The van der Waals surface area contributed by atoms with E-state index in [0.29, 0.717) is 5.88 Å². The van der Waals surface area contributed by atoms with Crippen LogP contribution in [0.4, 0.5) is 11.6 Å². The molecule has 2 aromatic rings. The Hall–Kier alpha value is -1.97. The van der Waals surface area contributed by atoms with E-state index in [0.717, 1.165) is 24.3 Å². The number of nitrogen functional groups attached to an aromatic ring is 1. The summed E-state index contributed by atoms with van der Waals surface area (Å²) in [5, 5.41) is 3.91. The average Bonchev–Trinajstić information content (AvgIpc) is 2.87. The van der Waals surface area contributed by atoms with Gasteiger partial charge in [0.2, 0.25) is 5.88 Å². The van der Waals surface area contributed by atoms with Crippen molar-refractivity contribution in [3.8, 4) is 11.3 Å². The lowest BCUT2D eigenvalue weighted by Gasteiger charge is -2.28. The lowest BCUT2D eigenvalue weighted by Crippen LogP contribution is -2.29. The smallest absolute Gasteiger partial charge is 0.222 e. The van der Waals surface area contributed by atoms with Crippen LogP contribution in [0.3, 0.4) is 0 Å². The molecule has 0 unspecified atom stereocenters. The van der Waals surface area contributed by atoms with Gasteiger partial charge in [-0.3, -0.25) is 0 Å². The van der Waals surface area contributed by atoms with Crippen LogP contribution in [-0.4, -0.2) is 18.2 Å². The molecule has 0 saturated carbocycles. The Bertz CT molecular complexity index is 512. The number of aromatic nitrogens is 1. The predicted octanol–water partition coefficient (Wildman–Crippen LogP) is 2.91. The lowest BCUT2D eigenvalue weighted by atomic mass is 10.1. The van der Waals surface area contributed by atoms with Gasteiger partial charge in [-0.15, -0.1) is 0 Å². The summed E-state index contributed by atoms with van der Waals surface area (Å²) >= 11 is 0. The fraction of sp³-hybridized carbons (Fsp3) is 0.357. The molecular formula is C14H17N3O. The molecule has 0 atom stereocenters. The molecule has 0 spiro atoms. The van der Waals surface area contributed by atoms with Crippen LogP contribution in [-0.2, 0) is 0 Å². The molecule has 0 aliphatic carbocycles. The van der Waals surface area contributed by atoms with Crippen LogP contribution in [0, 0.1) is 0 Å². The predicted molar refractivity (Wildman–Crippen MR) is 72.4 cm³/mol. The van der Waals surface area contributed by atoms with Crippen molar-refractivity contribution in [3.05, 3.63) is 30.3 Å². The van der Waals surface area contributed by atoms with Gasteiger partial charge < -0.3 is 15.2 Å². The van der Waals surface area contributed by atoms with Crippen molar-refractivity contribution in [2.75, 3.05) is 23.7 Å². The van der Waals surface area contributed by atoms with Crippen LogP contribution in [0.1, 0.15) is 19.3 Å². The maximum atomic E-state index is 5.53. The molecule has 2 heterocycles. The topological polar surface area (TPSA) is 55.3 Å². The van der Waals surface area contributed by atoms with Crippen molar-refractivity contribution >= 4 is 11.6 Å². The van der Waals surface area contributed by atoms with Gasteiger partial charge in [0, 0.05) is 30.4 Å². The third kappa shape index (κ3) is 2.18. The highest BCUT2D eigenvalue weighted by molar-refractivity contribution is 5.64. The van der Waals surface area contributed by atoms with Gasteiger partial charge in [-0.1, -0.05) is 17.3 Å². The van der Waals surface area contributed by atoms with E-state index in [4.69, 9.17) is 10.3 Å². The molecule has 94 valence electrons. The molecule has 1 fully saturated rings. The number of hydrogen-bond donors (Lipinski definition) is 1. The fourth-order valence-corrected chi connectivity index (χ4v) is 2.42. The van der Waals surface area contributed by atoms with Gasteiger partial charge in [0.25, 0.3) is 0 Å². The van der Waals surface area contributed by atoms with Crippen molar-refractivity contribution < 1.29 is 4.52 Å². The summed E-state index contributed by atoms with van der Waals surface area (Å²) in [5.74, 6) is 0.352. The number of hydrogen-bond acceptors (Lipinski definition) is 4. The number of benzene rings is 1. The molecule has 4 nitrogen and oxygen atoms in total. The Balaban J connectivity index is 1.80. The first-order valence-electron chi connectivity index (χ1n) is 6.40. The zero-order chi connectivity index (χ0) is 12.4. The van der Waals surface area contributed by atoms with Gasteiger partial charge >= 0.3 is 0 Å². The molecule has 0 bridgehead atoms. The van der Waals surface area contributed by atoms with Gasteiger partial charge in [-0.05, 0) is 31.4 Å². The minimum atomic E-state index is 0.352. The molecule has 4 heteroatoms. The minimum Gasteiger partial charge on any atom is -0.372 e. The summed E-state index contributed by atoms with van der Waals surface area (Å²) in [4.78, 5) is 2.43. The second-order valence-electron chi connectivity index (χ2n) is 4.71. The third-order valence-electron chi connectivity index (χ3n) is 3.41. The highest BCUT2D eigenvalue weighted by Crippen LogP contribution is 2.25. The van der Waals surface area contributed by atoms with Crippen LogP contribution >= 0.6 is 0 Å². The highest BCUT2D eigenvalue weighted by atomic mass is 16.5. The summed E-state index contributed by atoms with van der Waals surface area (Å²) in [6.45, 7) is 2.33. The van der Waals surface area contributed by atoms with Crippen LogP contribution in [0.5, 0.6) is 0 Å². The Morgan fingerprint density at radius 1 is 1.06 bits per heavy atom. The zero-order valence-electron chi connectivity index (χ0n) is 10.3. The second kappa shape index (κ2) is 4.72. The Morgan fingerprint density at radius 3 is 2.39 bits per heavy atom. The standard InChI is InChI=1S/C14H17N3O/c15-14-10-13(16-18-14)11-4-6-12(7-5-11)17-8-2-1-3-9-17/h4-7,10H,1-3,8-9,15H2. The largest absolute Gasteiger partial charge is 0.372 e. The molecule has 1 aromatic heterocycles.